The highest BCUT2D eigenvalue weighted by Gasteiger charge is 2.54. The van der Waals surface area contributed by atoms with E-state index in [0.717, 1.165) is 19.3 Å². The third kappa shape index (κ3) is 0.900. The summed E-state index contributed by atoms with van der Waals surface area (Å²) in [6.07, 6.45) is 3.21. The molecule has 2 heteroatoms. The standard InChI is InChI=1S/C10H16O2/c1-9(2)4-5-10(3)6-7(9)12-8(10)11/h7H,4-6H2,1-3H3. The van der Waals surface area contributed by atoms with E-state index in [0.29, 0.717) is 0 Å². The van der Waals surface area contributed by atoms with Gasteiger partial charge in [-0.05, 0) is 19.8 Å². The van der Waals surface area contributed by atoms with Crippen LogP contribution in [0.3, 0.4) is 0 Å². The van der Waals surface area contributed by atoms with E-state index in [4.69, 9.17) is 4.74 Å². The molecule has 2 fully saturated rings. The van der Waals surface area contributed by atoms with Gasteiger partial charge in [0, 0.05) is 11.8 Å². The Morgan fingerprint density at radius 1 is 1.33 bits per heavy atom. The minimum Gasteiger partial charge on any atom is -0.461 e. The first-order valence-corrected chi connectivity index (χ1v) is 4.65. The summed E-state index contributed by atoms with van der Waals surface area (Å²) in [7, 11) is 0. The molecule has 2 atom stereocenters. The lowest BCUT2D eigenvalue weighted by Gasteiger charge is -2.36. The molecule has 1 aliphatic heterocycles. The van der Waals surface area contributed by atoms with Crippen LogP contribution in [-0.2, 0) is 9.53 Å². The van der Waals surface area contributed by atoms with Gasteiger partial charge in [-0.2, -0.15) is 0 Å². The number of ether oxygens (including phenoxy) is 1. The van der Waals surface area contributed by atoms with Gasteiger partial charge < -0.3 is 4.74 Å². The maximum atomic E-state index is 11.4. The molecule has 1 saturated carbocycles. The number of rotatable bonds is 0. The number of carbonyl (C=O) groups excluding carboxylic acids is 1. The Kier molecular flexibility index (Phi) is 1.37. The molecule has 0 aromatic carbocycles. The van der Waals surface area contributed by atoms with Crippen LogP contribution in [0.4, 0.5) is 0 Å². The van der Waals surface area contributed by atoms with Gasteiger partial charge >= 0.3 is 5.97 Å². The predicted molar refractivity (Wildman–Crippen MR) is 45.6 cm³/mol. The molecule has 0 N–H and O–H groups in total. The summed E-state index contributed by atoms with van der Waals surface area (Å²) in [5, 5.41) is 0. The predicted octanol–water partition coefficient (Wildman–Crippen LogP) is 2.13. The van der Waals surface area contributed by atoms with E-state index in [9.17, 15) is 4.79 Å². The van der Waals surface area contributed by atoms with Crippen molar-refractivity contribution in [1.29, 1.82) is 0 Å². The van der Waals surface area contributed by atoms with Crippen LogP contribution >= 0.6 is 0 Å². The second-order valence-corrected chi connectivity index (χ2v) is 5.15. The van der Waals surface area contributed by atoms with Crippen molar-refractivity contribution in [2.45, 2.75) is 46.1 Å². The first-order valence-electron chi connectivity index (χ1n) is 4.65. The molecule has 2 aliphatic rings. The fraction of sp³-hybridized carbons (Fsp3) is 0.900. The molecule has 1 aliphatic carbocycles. The van der Waals surface area contributed by atoms with Crippen LogP contribution in [0.15, 0.2) is 0 Å². The van der Waals surface area contributed by atoms with Gasteiger partial charge in [0.2, 0.25) is 0 Å². The van der Waals surface area contributed by atoms with Gasteiger partial charge in [-0.15, -0.1) is 0 Å². The van der Waals surface area contributed by atoms with E-state index in [-0.39, 0.29) is 22.9 Å². The molecule has 1 heterocycles. The first-order chi connectivity index (χ1) is 5.44. The average Bonchev–Trinajstić information content (AvgIpc) is 2.22. The molecule has 2 unspecified atom stereocenters. The average molecular weight is 168 g/mol. The van der Waals surface area contributed by atoms with Gasteiger partial charge in [0.25, 0.3) is 0 Å². The molecular formula is C10H16O2. The highest BCUT2D eigenvalue weighted by Crippen LogP contribution is 2.51. The van der Waals surface area contributed by atoms with Crippen LogP contribution in [-0.4, -0.2) is 12.1 Å². The van der Waals surface area contributed by atoms with Gasteiger partial charge in [0.05, 0.1) is 5.41 Å². The van der Waals surface area contributed by atoms with E-state index < -0.39 is 0 Å². The van der Waals surface area contributed by atoms with Crippen LogP contribution in [0.5, 0.6) is 0 Å². The Bertz CT molecular complexity index is 232. The van der Waals surface area contributed by atoms with Crippen LogP contribution in [0.25, 0.3) is 0 Å². The molecule has 0 amide bonds. The van der Waals surface area contributed by atoms with E-state index >= 15 is 0 Å². The molecule has 2 rings (SSSR count). The van der Waals surface area contributed by atoms with E-state index in [1.54, 1.807) is 0 Å². The molecule has 0 aromatic rings. The van der Waals surface area contributed by atoms with Crippen molar-refractivity contribution >= 4 is 5.97 Å². The fourth-order valence-corrected chi connectivity index (χ4v) is 2.20. The molecule has 0 spiro atoms. The maximum Gasteiger partial charge on any atom is 0.312 e. The second-order valence-electron chi connectivity index (χ2n) is 5.15. The molecule has 2 bridgehead atoms. The van der Waals surface area contributed by atoms with Crippen molar-refractivity contribution in [2.75, 3.05) is 0 Å². The number of hydrogen-bond donors (Lipinski definition) is 0. The van der Waals surface area contributed by atoms with Crippen molar-refractivity contribution in [3.63, 3.8) is 0 Å². The zero-order chi connectivity index (χ0) is 8.98. The fourth-order valence-electron chi connectivity index (χ4n) is 2.20. The van der Waals surface area contributed by atoms with Crippen molar-refractivity contribution in [3.8, 4) is 0 Å². The van der Waals surface area contributed by atoms with Gasteiger partial charge in [0.15, 0.2) is 0 Å². The second kappa shape index (κ2) is 2.04. The lowest BCUT2D eigenvalue weighted by molar-refractivity contribution is -0.148. The first kappa shape index (κ1) is 8.09. The SMILES string of the molecule is CC12CCC(C)(C)C(C1)OC2=O. The largest absolute Gasteiger partial charge is 0.461 e. The monoisotopic (exact) mass is 168 g/mol. The minimum absolute atomic E-state index is 0.0260. The topological polar surface area (TPSA) is 26.3 Å². The Morgan fingerprint density at radius 2 is 2.00 bits per heavy atom. The highest BCUT2D eigenvalue weighted by atomic mass is 16.6. The van der Waals surface area contributed by atoms with Crippen LogP contribution in [0.2, 0.25) is 0 Å². The summed E-state index contributed by atoms with van der Waals surface area (Å²) < 4.78 is 5.36. The maximum absolute atomic E-state index is 11.4. The van der Waals surface area contributed by atoms with Crippen LogP contribution in [0, 0.1) is 10.8 Å². The van der Waals surface area contributed by atoms with E-state index in [1.807, 2.05) is 6.92 Å². The van der Waals surface area contributed by atoms with E-state index in [1.165, 1.54) is 0 Å². The Labute approximate surface area is 73.3 Å². The number of carbonyl (C=O) groups is 1. The summed E-state index contributed by atoms with van der Waals surface area (Å²) >= 11 is 0. The Morgan fingerprint density at radius 3 is 2.58 bits per heavy atom. The third-order valence-corrected chi connectivity index (χ3v) is 3.57. The summed E-state index contributed by atoms with van der Waals surface area (Å²) in [4.78, 5) is 11.4. The zero-order valence-corrected chi connectivity index (χ0v) is 8.02. The van der Waals surface area contributed by atoms with Gasteiger partial charge in [0.1, 0.15) is 6.10 Å². The third-order valence-electron chi connectivity index (χ3n) is 3.57. The number of esters is 1. The molecule has 0 radical (unpaired) electrons. The molecular weight excluding hydrogens is 152 g/mol. The summed E-state index contributed by atoms with van der Waals surface area (Å²) in [6, 6.07) is 0. The normalized spacial score (nSPS) is 44.2. The smallest absolute Gasteiger partial charge is 0.312 e. The summed E-state index contributed by atoms with van der Waals surface area (Å²) in [5.41, 5.74) is 0.0475. The van der Waals surface area contributed by atoms with Crippen molar-refractivity contribution in [2.24, 2.45) is 10.8 Å². The quantitative estimate of drug-likeness (QED) is 0.518. The number of hydrogen-bond acceptors (Lipinski definition) is 2. The lowest BCUT2D eigenvalue weighted by Crippen LogP contribution is -2.35. The Hall–Kier alpha value is -0.530. The van der Waals surface area contributed by atoms with Gasteiger partial charge in [-0.1, -0.05) is 13.8 Å². The zero-order valence-electron chi connectivity index (χ0n) is 8.02. The van der Waals surface area contributed by atoms with Crippen molar-refractivity contribution in [3.05, 3.63) is 0 Å². The van der Waals surface area contributed by atoms with Crippen molar-refractivity contribution < 1.29 is 9.53 Å². The van der Waals surface area contributed by atoms with Gasteiger partial charge in [-0.3, -0.25) is 4.79 Å². The number of fused-ring (bicyclic) bond motifs is 2. The van der Waals surface area contributed by atoms with Gasteiger partial charge in [-0.25, -0.2) is 0 Å². The van der Waals surface area contributed by atoms with E-state index in [2.05, 4.69) is 13.8 Å². The summed E-state index contributed by atoms with van der Waals surface area (Å²) in [5.74, 6) is 0.0260. The molecule has 1 saturated heterocycles. The Balaban J connectivity index is 2.29. The molecule has 68 valence electrons. The van der Waals surface area contributed by atoms with Crippen LogP contribution < -0.4 is 0 Å². The molecule has 0 aromatic heterocycles. The van der Waals surface area contributed by atoms with Crippen LogP contribution in [0.1, 0.15) is 40.0 Å². The molecule has 2 nitrogen and oxygen atoms in total. The molecule has 12 heavy (non-hydrogen) atoms. The minimum atomic E-state index is -0.153. The lowest BCUT2D eigenvalue weighted by atomic mass is 9.66. The van der Waals surface area contributed by atoms with Crippen molar-refractivity contribution in [1.82, 2.24) is 0 Å². The summed E-state index contributed by atoms with van der Waals surface area (Å²) in [6.45, 7) is 6.41. The highest BCUT2D eigenvalue weighted by molar-refractivity contribution is 5.79.